The lowest BCUT2D eigenvalue weighted by molar-refractivity contribution is -0.132. The van der Waals surface area contributed by atoms with Gasteiger partial charge in [-0.25, -0.2) is 4.79 Å². The first-order valence-corrected chi connectivity index (χ1v) is 6.48. The Labute approximate surface area is 129 Å². The van der Waals surface area contributed by atoms with Crippen molar-refractivity contribution in [3.63, 3.8) is 0 Å². The number of furan rings is 1. The zero-order valence-corrected chi connectivity index (χ0v) is 12.0. The van der Waals surface area contributed by atoms with E-state index in [0.29, 0.717) is 10.6 Å². The van der Waals surface area contributed by atoms with Crippen LogP contribution in [0, 0.1) is 0 Å². The van der Waals surface area contributed by atoms with Crippen LogP contribution in [0.5, 0.6) is 0 Å². The summed E-state index contributed by atoms with van der Waals surface area (Å²) in [6.45, 7) is 0. The number of hydrogen-bond donors (Lipinski definition) is 2. The fraction of sp³-hybridized carbons (Fsp3) is 0. The molecular formula is C14H9Cl2NO4. The van der Waals surface area contributed by atoms with Gasteiger partial charge >= 0.3 is 5.97 Å². The quantitative estimate of drug-likeness (QED) is 0.844. The van der Waals surface area contributed by atoms with Crippen LogP contribution in [0.3, 0.4) is 0 Å². The first kappa shape index (κ1) is 15.2. The number of carbonyl (C=O) groups is 2. The van der Waals surface area contributed by atoms with Crippen LogP contribution in [0.1, 0.15) is 16.1 Å². The average Bonchev–Trinajstić information content (AvgIpc) is 2.94. The molecule has 1 heterocycles. The number of amides is 1. The molecule has 7 heteroatoms. The van der Waals surface area contributed by atoms with Gasteiger partial charge < -0.3 is 14.8 Å². The number of benzene rings is 1. The summed E-state index contributed by atoms with van der Waals surface area (Å²) in [6, 6.07) is 7.53. The van der Waals surface area contributed by atoms with Gasteiger partial charge in [-0.15, -0.1) is 0 Å². The minimum Gasteiger partial charge on any atom is -0.477 e. The summed E-state index contributed by atoms with van der Waals surface area (Å²) >= 11 is 11.7. The lowest BCUT2D eigenvalue weighted by atomic mass is 10.2. The van der Waals surface area contributed by atoms with E-state index in [1.54, 1.807) is 12.1 Å². The maximum atomic E-state index is 11.8. The van der Waals surface area contributed by atoms with Crippen LogP contribution in [0.2, 0.25) is 10.0 Å². The van der Waals surface area contributed by atoms with Crippen LogP contribution in [0.25, 0.3) is 6.08 Å². The molecule has 2 rings (SSSR count). The summed E-state index contributed by atoms with van der Waals surface area (Å²) < 4.78 is 4.89. The second-order valence-electron chi connectivity index (χ2n) is 3.96. The maximum Gasteiger partial charge on any atom is 0.352 e. The number of hydrogen-bond acceptors (Lipinski definition) is 3. The maximum absolute atomic E-state index is 11.8. The average molecular weight is 326 g/mol. The zero-order valence-electron chi connectivity index (χ0n) is 10.5. The molecule has 0 fully saturated rings. The third-order valence-electron chi connectivity index (χ3n) is 2.49. The molecule has 0 bridgehead atoms. The van der Waals surface area contributed by atoms with E-state index in [-0.39, 0.29) is 16.5 Å². The van der Waals surface area contributed by atoms with E-state index in [1.807, 2.05) is 0 Å². The molecule has 1 amide bonds. The van der Waals surface area contributed by atoms with E-state index in [2.05, 4.69) is 5.32 Å². The molecule has 21 heavy (non-hydrogen) atoms. The van der Waals surface area contributed by atoms with Gasteiger partial charge in [0.15, 0.2) is 5.76 Å². The third-order valence-corrected chi connectivity index (χ3v) is 3.05. The number of halogens is 2. The smallest absolute Gasteiger partial charge is 0.352 e. The predicted molar refractivity (Wildman–Crippen MR) is 78.2 cm³/mol. The van der Waals surface area contributed by atoms with Gasteiger partial charge in [-0.2, -0.15) is 0 Å². The summed E-state index contributed by atoms with van der Waals surface area (Å²) in [7, 11) is 0. The highest BCUT2D eigenvalue weighted by molar-refractivity contribution is 6.35. The van der Waals surface area contributed by atoms with E-state index in [0.717, 1.165) is 0 Å². The van der Waals surface area contributed by atoms with Gasteiger partial charge in [0.05, 0.1) is 6.26 Å². The van der Waals surface area contributed by atoms with Crippen molar-refractivity contribution in [1.82, 2.24) is 5.32 Å². The van der Waals surface area contributed by atoms with Crippen LogP contribution in [0.15, 0.2) is 46.7 Å². The largest absolute Gasteiger partial charge is 0.477 e. The van der Waals surface area contributed by atoms with Gasteiger partial charge in [0, 0.05) is 10.0 Å². The highest BCUT2D eigenvalue weighted by Crippen LogP contribution is 2.22. The van der Waals surface area contributed by atoms with Crippen molar-refractivity contribution in [2.45, 2.75) is 0 Å². The van der Waals surface area contributed by atoms with Crippen LogP contribution in [0.4, 0.5) is 0 Å². The van der Waals surface area contributed by atoms with Crippen molar-refractivity contribution in [3.05, 3.63) is 63.7 Å². The Bertz CT molecular complexity index is 708. The molecular weight excluding hydrogens is 317 g/mol. The minimum absolute atomic E-state index is 0.00403. The van der Waals surface area contributed by atoms with Crippen molar-refractivity contribution >= 4 is 41.2 Å². The summed E-state index contributed by atoms with van der Waals surface area (Å²) in [6.07, 6.45) is 2.55. The van der Waals surface area contributed by atoms with Crippen molar-refractivity contribution in [1.29, 1.82) is 0 Å². The molecule has 0 spiro atoms. The standard InChI is InChI=1S/C14H9Cl2NO4/c15-9-4-3-8(10(16)7-9)6-11(14(19)20)17-13(18)12-2-1-5-21-12/h1-7H,(H,17,18)(H,19,20). The van der Waals surface area contributed by atoms with Gasteiger partial charge in [-0.05, 0) is 35.9 Å². The number of aliphatic carboxylic acids is 1. The Kier molecular flexibility index (Phi) is 4.67. The van der Waals surface area contributed by atoms with E-state index < -0.39 is 11.9 Å². The number of carboxylic acids is 1. The molecule has 108 valence electrons. The summed E-state index contributed by atoms with van der Waals surface area (Å²) in [5.41, 5.74) is 0.0823. The van der Waals surface area contributed by atoms with Gasteiger partial charge in [0.2, 0.25) is 0 Å². The lowest BCUT2D eigenvalue weighted by Gasteiger charge is -2.05. The third kappa shape index (κ3) is 3.87. The highest BCUT2D eigenvalue weighted by Gasteiger charge is 2.15. The summed E-state index contributed by atoms with van der Waals surface area (Å²) in [4.78, 5) is 23.0. The van der Waals surface area contributed by atoms with E-state index in [1.165, 1.54) is 30.5 Å². The SMILES string of the molecule is O=C(O)C(=Cc1ccc(Cl)cc1Cl)NC(=O)c1ccco1. The second kappa shape index (κ2) is 6.47. The lowest BCUT2D eigenvalue weighted by Crippen LogP contribution is -2.26. The molecule has 2 aromatic rings. The van der Waals surface area contributed by atoms with E-state index >= 15 is 0 Å². The molecule has 0 unspecified atom stereocenters. The molecule has 1 aromatic heterocycles. The number of rotatable bonds is 4. The Morgan fingerprint density at radius 3 is 2.57 bits per heavy atom. The molecule has 0 aliphatic rings. The van der Waals surface area contributed by atoms with Crippen LogP contribution >= 0.6 is 23.2 Å². The predicted octanol–water partition coefficient (Wildman–Crippen LogP) is 3.44. The second-order valence-corrected chi connectivity index (χ2v) is 4.80. The van der Waals surface area contributed by atoms with Crippen molar-refractivity contribution in [2.75, 3.05) is 0 Å². The van der Waals surface area contributed by atoms with Gasteiger partial charge in [0.1, 0.15) is 5.70 Å². The van der Waals surface area contributed by atoms with Crippen molar-refractivity contribution in [3.8, 4) is 0 Å². The topological polar surface area (TPSA) is 79.5 Å². The molecule has 0 saturated carbocycles. The number of carbonyl (C=O) groups excluding carboxylic acids is 1. The summed E-state index contributed by atoms with van der Waals surface area (Å²) in [5.74, 6) is -1.97. The van der Waals surface area contributed by atoms with Crippen LogP contribution in [-0.2, 0) is 4.79 Å². The molecule has 0 radical (unpaired) electrons. The Morgan fingerprint density at radius 1 is 1.24 bits per heavy atom. The van der Waals surface area contributed by atoms with E-state index in [4.69, 9.17) is 32.7 Å². The van der Waals surface area contributed by atoms with Gasteiger partial charge in [-0.1, -0.05) is 29.3 Å². The first-order chi connectivity index (χ1) is 9.97. The minimum atomic E-state index is -1.30. The molecule has 0 aliphatic carbocycles. The van der Waals surface area contributed by atoms with Gasteiger partial charge in [-0.3, -0.25) is 4.79 Å². The van der Waals surface area contributed by atoms with Crippen molar-refractivity contribution < 1.29 is 19.1 Å². The Balaban J connectivity index is 2.28. The van der Waals surface area contributed by atoms with Crippen LogP contribution < -0.4 is 5.32 Å². The number of carboxylic acid groups (broad SMARTS) is 1. The normalized spacial score (nSPS) is 11.2. The fourth-order valence-electron chi connectivity index (χ4n) is 1.52. The molecule has 5 nitrogen and oxygen atoms in total. The molecule has 1 aromatic carbocycles. The van der Waals surface area contributed by atoms with Crippen LogP contribution in [-0.4, -0.2) is 17.0 Å². The molecule has 2 N–H and O–H groups in total. The monoisotopic (exact) mass is 325 g/mol. The van der Waals surface area contributed by atoms with Gasteiger partial charge in [0.25, 0.3) is 5.91 Å². The van der Waals surface area contributed by atoms with Crippen molar-refractivity contribution in [2.24, 2.45) is 0 Å². The zero-order chi connectivity index (χ0) is 15.4. The molecule has 0 saturated heterocycles. The first-order valence-electron chi connectivity index (χ1n) is 5.72. The Morgan fingerprint density at radius 2 is 2.00 bits per heavy atom. The fourth-order valence-corrected chi connectivity index (χ4v) is 1.98. The summed E-state index contributed by atoms with van der Waals surface area (Å²) in [5, 5.41) is 12.1. The highest BCUT2D eigenvalue weighted by atomic mass is 35.5. The van der Waals surface area contributed by atoms with E-state index in [9.17, 15) is 9.59 Å². The Hall–Kier alpha value is -2.24. The molecule has 0 aliphatic heterocycles. The molecule has 0 atom stereocenters. The number of nitrogens with one attached hydrogen (secondary N) is 1.